The van der Waals surface area contributed by atoms with Gasteiger partial charge in [-0.15, -0.1) is 10.2 Å². The summed E-state index contributed by atoms with van der Waals surface area (Å²) in [7, 11) is 3.32. The topological polar surface area (TPSA) is 58.1 Å². The van der Waals surface area contributed by atoms with Crippen LogP contribution in [0.4, 0.5) is 5.82 Å². The zero-order valence-electron chi connectivity index (χ0n) is 9.20. The molecule has 1 aromatic rings. The summed E-state index contributed by atoms with van der Waals surface area (Å²) < 4.78 is 0. The number of amides is 1. The fraction of sp³-hybridized carbons (Fsp3) is 0.300. The van der Waals surface area contributed by atoms with E-state index in [9.17, 15) is 4.79 Å². The van der Waals surface area contributed by atoms with Crippen LogP contribution in [-0.4, -0.2) is 41.6 Å². The maximum atomic E-state index is 11.5. The minimum Gasteiger partial charge on any atom is -0.364 e. The molecule has 0 bridgehead atoms. The molecule has 1 rings (SSSR count). The zero-order valence-corrected chi connectivity index (χ0v) is 9.95. The molecule has 0 fully saturated rings. The maximum absolute atomic E-state index is 11.5. The van der Waals surface area contributed by atoms with Crippen molar-refractivity contribution in [3.63, 3.8) is 0 Å². The number of nitrogens with one attached hydrogen (secondary N) is 1. The summed E-state index contributed by atoms with van der Waals surface area (Å²) in [4.78, 5) is 12.9. The summed E-state index contributed by atoms with van der Waals surface area (Å²) >= 11 is 5.59. The van der Waals surface area contributed by atoms with Crippen molar-refractivity contribution in [3.05, 3.63) is 29.4 Å². The molecule has 0 spiro atoms. The molecule has 86 valence electrons. The molecule has 1 heterocycles. The summed E-state index contributed by atoms with van der Waals surface area (Å²) in [5, 5.41) is 11.0. The summed E-state index contributed by atoms with van der Waals surface area (Å²) in [6, 6.07) is 3.28. The van der Waals surface area contributed by atoms with E-state index < -0.39 is 0 Å². The second-order valence-corrected chi connectivity index (χ2v) is 3.91. The van der Waals surface area contributed by atoms with Gasteiger partial charge in [-0.05, 0) is 12.1 Å². The van der Waals surface area contributed by atoms with Crippen LogP contribution in [-0.2, 0) is 0 Å². The van der Waals surface area contributed by atoms with Crippen molar-refractivity contribution in [1.29, 1.82) is 0 Å². The van der Waals surface area contributed by atoms with Crippen LogP contribution >= 0.6 is 11.6 Å². The lowest BCUT2D eigenvalue weighted by Gasteiger charge is -2.09. The van der Waals surface area contributed by atoms with Crippen LogP contribution in [0.15, 0.2) is 23.7 Å². The highest BCUT2D eigenvalue weighted by Gasteiger charge is 2.09. The van der Waals surface area contributed by atoms with Crippen LogP contribution < -0.4 is 5.32 Å². The van der Waals surface area contributed by atoms with E-state index in [0.29, 0.717) is 23.1 Å². The molecule has 0 aliphatic rings. The lowest BCUT2D eigenvalue weighted by Crippen LogP contribution is -2.23. The van der Waals surface area contributed by atoms with E-state index in [1.807, 2.05) is 0 Å². The molecule has 0 atom stereocenters. The van der Waals surface area contributed by atoms with Crippen molar-refractivity contribution in [2.24, 2.45) is 0 Å². The van der Waals surface area contributed by atoms with Crippen molar-refractivity contribution in [1.82, 2.24) is 15.1 Å². The average Bonchev–Trinajstić information content (AvgIpc) is 2.26. The van der Waals surface area contributed by atoms with E-state index in [0.717, 1.165) is 0 Å². The first kappa shape index (κ1) is 12.4. The van der Waals surface area contributed by atoms with Crippen LogP contribution in [0, 0.1) is 0 Å². The molecular weight excluding hydrogens is 228 g/mol. The second kappa shape index (κ2) is 5.46. The summed E-state index contributed by atoms with van der Waals surface area (Å²) in [6.07, 6.45) is 0. The first-order valence-electron chi connectivity index (χ1n) is 4.63. The fourth-order valence-corrected chi connectivity index (χ4v) is 1.02. The third kappa shape index (κ3) is 3.51. The molecule has 16 heavy (non-hydrogen) atoms. The van der Waals surface area contributed by atoms with E-state index in [-0.39, 0.29) is 5.91 Å². The number of halogens is 1. The highest BCUT2D eigenvalue weighted by molar-refractivity contribution is 6.29. The van der Waals surface area contributed by atoms with Gasteiger partial charge in [-0.2, -0.15) is 0 Å². The third-order valence-corrected chi connectivity index (χ3v) is 1.88. The summed E-state index contributed by atoms with van der Waals surface area (Å²) in [6.45, 7) is 3.95. The van der Waals surface area contributed by atoms with Gasteiger partial charge < -0.3 is 10.2 Å². The van der Waals surface area contributed by atoms with Crippen LogP contribution in [0.25, 0.3) is 0 Å². The van der Waals surface area contributed by atoms with Crippen molar-refractivity contribution in [2.45, 2.75) is 0 Å². The molecule has 6 heteroatoms. The van der Waals surface area contributed by atoms with Crippen molar-refractivity contribution < 1.29 is 4.79 Å². The first-order valence-corrected chi connectivity index (χ1v) is 5.01. The minimum atomic E-state index is -0.180. The minimum absolute atomic E-state index is 0.180. The van der Waals surface area contributed by atoms with Crippen LogP contribution in [0.2, 0.25) is 0 Å². The Morgan fingerprint density at radius 2 is 2.19 bits per heavy atom. The Labute approximate surface area is 99.1 Å². The molecule has 0 aromatic carbocycles. The highest BCUT2D eigenvalue weighted by atomic mass is 35.5. The summed E-state index contributed by atoms with van der Waals surface area (Å²) in [5.74, 6) is 0.373. The van der Waals surface area contributed by atoms with Gasteiger partial charge in [0.2, 0.25) is 0 Å². The molecule has 5 nitrogen and oxygen atoms in total. The lowest BCUT2D eigenvalue weighted by molar-refractivity contribution is 0.0821. The Morgan fingerprint density at radius 3 is 2.62 bits per heavy atom. The predicted molar refractivity (Wildman–Crippen MR) is 63.5 cm³/mol. The number of rotatable bonds is 4. The van der Waals surface area contributed by atoms with Gasteiger partial charge in [0.25, 0.3) is 5.91 Å². The van der Waals surface area contributed by atoms with Gasteiger partial charge in [0.15, 0.2) is 5.69 Å². The Morgan fingerprint density at radius 1 is 1.50 bits per heavy atom. The van der Waals surface area contributed by atoms with Gasteiger partial charge in [0.05, 0.1) is 6.54 Å². The third-order valence-electron chi connectivity index (χ3n) is 1.75. The van der Waals surface area contributed by atoms with Crippen molar-refractivity contribution >= 4 is 23.3 Å². The SMILES string of the molecule is C=C(Cl)CNc1ccc(C(=O)N(C)C)nn1. The molecule has 1 N–H and O–H groups in total. The number of hydrogen-bond donors (Lipinski definition) is 1. The molecular formula is C10H13ClN4O. The number of carbonyl (C=O) groups excluding carboxylic acids is 1. The highest BCUT2D eigenvalue weighted by Crippen LogP contribution is 2.05. The molecule has 0 saturated heterocycles. The lowest BCUT2D eigenvalue weighted by atomic mass is 10.3. The number of carbonyl (C=O) groups is 1. The summed E-state index contributed by atoms with van der Waals surface area (Å²) in [5.41, 5.74) is 0.306. The molecule has 1 amide bonds. The van der Waals surface area contributed by atoms with Gasteiger partial charge in [-0.1, -0.05) is 18.2 Å². The molecule has 0 unspecified atom stereocenters. The number of nitrogens with zero attached hydrogens (tertiary/aromatic N) is 3. The van der Waals surface area contributed by atoms with Crippen LogP contribution in [0.3, 0.4) is 0 Å². The van der Waals surface area contributed by atoms with E-state index in [2.05, 4.69) is 22.1 Å². The second-order valence-electron chi connectivity index (χ2n) is 3.37. The predicted octanol–water partition coefficient (Wildman–Crippen LogP) is 1.34. The number of anilines is 1. The molecule has 1 aromatic heterocycles. The zero-order chi connectivity index (χ0) is 12.1. The van der Waals surface area contributed by atoms with E-state index in [1.165, 1.54) is 4.90 Å². The van der Waals surface area contributed by atoms with E-state index >= 15 is 0 Å². The van der Waals surface area contributed by atoms with E-state index in [4.69, 9.17) is 11.6 Å². The van der Waals surface area contributed by atoms with Gasteiger partial charge >= 0.3 is 0 Å². The molecule has 0 aliphatic heterocycles. The molecule has 0 radical (unpaired) electrons. The van der Waals surface area contributed by atoms with E-state index in [1.54, 1.807) is 26.2 Å². The van der Waals surface area contributed by atoms with Crippen LogP contribution in [0.5, 0.6) is 0 Å². The fourth-order valence-electron chi connectivity index (χ4n) is 0.956. The molecule has 0 aliphatic carbocycles. The monoisotopic (exact) mass is 240 g/mol. The smallest absolute Gasteiger partial charge is 0.273 e. The Hall–Kier alpha value is -1.62. The largest absolute Gasteiger partial charge is 0.364 e. The Balaban J connectivity index is 2.68. The quantitative estimate of drug-likeness (QED) is 0.863. The van der Waals surface area contributed by atoms with Gasteiger partial charge in [-0.3, -0.25) is 4.79 Å². The normalized spacial score (nSPS) is 9.69. The molecule has 0 saturated carbocycles. The number of hydrogen-bond acceptors (Lipinski definition) is 4. The standard InChI is InChI=1S/C10H13ClN4O/c1-7(11)6-12-9-5-4-8(13-14-9)10(16)15(2)3/h4-5H,1,6H2,2-3H3,(H,12,14). The van der Waals surface area contributed by atoms with Gasteiger partial charge in [0.1, 0.15) is 5.82 Å². The number of aromatic nitrogens is 2. The van der Waals surface area contributed by atoms with Gasteiger partial charge in [-0.25, -0.2) is 0 Å². The first-order chi connectivity index (χ1) is 7.50. The maximum Gasteiger partial charge on any atom is 0.273 e. The Bertz CT molecular complexity index is 388. The van der Waals surface area contributed by atoms with Crippen molar-refractivity contribution in [2.75, 3.05) is 26.0 Å². The Kier molecular flexibility index (Phi) is 4.25. The van der Waals surface area contributed by atoms with Gasteiger partial charge in [0, 0.05) is 19.1 Å². The van der Waals surface area contributed by atoms with Crippen molar-refractivity contribution in [3.8, 4) is 0 Å². The average molecular weight is 241 g/mol. The van der Waals surface area contributed by atoms with Crippen LogP contribution in [0.1, 0.15) is 10.5 Å².